The molecule has 120 valence electrons. The molecule has 4 rings (SSSR count). The lowest BCUT2D eigenvalue weighted by atomic mass is 9.54. The molecule has 0 aromatic rings. The second kappa shape index (κ2) is 4.04. The summed E-state index contributed by atoms with van der Waals surface area (Å²) in [5.74, 6) is 0.960. The molecule has 0 N–H and O–H groups in total. The summed E-state index contributed by atoms with van der Waals surface area (Å²) in [7, 11) is 0. The Morgan fingerprint density at radius 3 is 2.48 bits per heavy atom. The van der Waals surface area contributed by atoms with Gasteiger partial charge in [0.05, 0.1) is 5.60 Å². The van der Waals surface area contributed by atoms with Crippen LogP contribution < -0.4 is 0 Å². The van der Waals surface area contributed by atoms with Gasteiger partial charge >= 0.3 is 0 Å². The fourth-order valence-corrected chi connectivity index (χ4v) is 6.67. The third-order valence-electron chi connectivity index (χ3n) is 7.00. The van der Waals surface area contributed by atoms with Crippen molar-refractivity contribution in [2.75, 3.05) is 0 Å². The van der Waals surface area contributed by atoms with Crippen molar-refractivity contribution < 1.29 is 14.2 Å². The quantitative estimate of drug-likeness (QED) is 0.779. The maximum Gasteiger partial charge on any atom is 0.281 e. The normalized spacial score (nSPS) is 61.3. The highest BCUT2D eigenvalue weighted by molar-refractivity contribution is 5.25. The first kappa shape index (κ1) is 14.5. The molecule has 2 aliphatic carbocycles. The summed E-state index contributed by atoms with van der Waals surface area (Å²) in [6.07, 6.45) is 6.76. The van der Waals surface area contributed by atoms with E-state index in [-0.39, 0.29) is 16.8 Å². The van der Waals surface area contributed by atoms with E-state index in [2.05, 4.69) is 27.7 Å². The highest BCUT2D eigenvalue weighted by atomic mass is 16.9. The van der Waals surface area contributed by atoms with Crippen molar-refractivity contribution >= 4 is 0 Å². The van der Waals surface area contributed by atoms with Crippen LogP contribution in [-0.4, -0.2) is 22.8 Å². The largest absolute Gasteiger partial charge is 0.320 e. The Morgan fingerprint density at radius 1 is 1.05 bits per heavy atom. The second-order valence-electron chi connectivity index (χ2n) is 8.31. The first-order valence-electron chi connectivity index (χ1n) is 8.96. The van der Waals surface area contributed by atoms with Crippen molar-refractivity contribution in [2.24, 2.45) is 17.8 Å². The summed E-state index contributed by atoms with van der Waals surface area (Å²) >= 11 is 0. The Hall–Kier alpha value is -0.120. The second-order valence-corrected chi connectivity index (χ2v) is 8.31. The predicted octanol–water partition coefficient (Wildman–Crippen LogP) is 4.25. The number of hydrogen-bond donors (Lipinski definition) is 0. The highest BCUT2D eigenvalue weighted by Crippen LogP contribution is 2.72. The van der Waals surface area contributed by atoms with Crippen LogP contribution in [0, 0.1) is 17.8 Å². The molecule has 3 nitrogen and oxygen atoms in total. The van der Waals surface area contributed by atoms with E-state index in [1.165, 1.54) is 12.8 Å². The summed E-state index contributed by atoms with van der Waals surface area (Å²) in [5, 5.41) is 0. The average molecular weight is 294 g/mol. The van der Waals surface area contributed by atoms with Crippen LogP contribution in [0.5, 0.6) is 0 Å². The van der Waals surface area contributed by atoms with Crippen LogP contribution in [0.1, 0.15) is 73.1 Å². The molecule has 2 heterocycles. The summed E-state index contributed by atoms with van der Waals surface area (Å²) in [4.78, 5) is 0. The van der Waals surface area contributed by atoms with E-state index >= 15 is 0 Å². The van der Waals surface area contributed by atoms with Crippen molar-refractivity contribution in [2.45, 2.75) is 95.9 Å². The van der Waals surface area contributed by atoms with E-state index in [9.17, 15) is 0 Å². The fourth-order valence-electron chi connectivity index (χ4n) is 6.67. The molecule has 3 heteroatoms. The molecule has 0 aromatic heterocycles. The van der Waals surface area contributed by atoms with E-state index in [0.29, 0.717) is 11.8 Å². The van der Waals surface area contributed by atoms with Crippen molar-refractivity contribution in [3.05, 3.63) is 0 Å². The van der Waals surface area contributed by atoms with Gasteiger partial charge in [0.25, 0.3) is 5.97 Å². The molecule has 2 saturated heterocycles. The molecule has 3 bridgehead atoms. The summed E-state index contributed by atoms with van der Waals surface area (Å²) < 4.78 is 19.8. The van der Waals surface area contributed by atoms with Gasteiger partial charge < -0.3 is 14.2 Å². The van der Waals surface area contributed by atoms with Gasteiger partial charge in [0, 0.05) is 12.8 Å². The summed E-state index contributed by atoms with van der Waals surface area (Å²) in [6.45, 7) is 11.3. The van der Waals surface area contributed by atoms with Crippen LogP contribution in [0.2, 0.25) is 0 Å². The molecule has 0 aromatic carbocycles. The van der Waals surface area contributed by atoms with Crippen LogP contribution in [0.25, 0.3) is 0 Å². The van der Waals surface area contributed by atoms with Gasteiger partial charge in [-0.05, 0) is 43.9 Å². The van der Waals surface area contributed by atoms with Gasteiger partial charge in [-0.2, -0.15) is 0 Å². The molecule has 4 aliphatic rings. The Balaban J connectivity index is 1.91. The van der Waals surface area contributed by atoms with Crippen molar-refractivity contribution in [1.29, 1.82) is 0 Å². The molecule has 2 saturated carbocycles. The molecule has 0 radical (unpaired) electrons. The zero-order valence-corrected chi connectivity index (χ0v) is 14.2. The molecule has 2 aliphatic heterocycles. The standard InChI is InChI=1S/C18H30O3/c1-6-8-16-11-13(4)17-10-12(3)9-14(17)18(16,7-2)21-15(5,19-16)20-17/h12-14H,6-11H2,1-5H3. The summed E-state index contributed by atoms with van der Waals surface area (Å²) in [6, 6.07) is 0. The topological polar surface area (TPSA) is 27.7 Å². The van der Waals surface area contributed by atoms with Gasteiger partial charge in [-0.3, -0.25) is 0 Å². The molecule has 0 spiro atoms. The minimum atomic E-state index is -0.823. The molecule has 7 unspecified atom stereocenters. The lowest BCUT2D eigenvalue weighted by Gasteiger charge is -2.60. The van der Waals surface area contributed by atoms with Gasteiger partial charge in [0.1, 0.15) is 11.2 Å². The van der Waals surface area contributed by atoms with Gasteiger partial charge in [-0.1, -0.05) is 34.1 Å². The van der Waals surface area contributed by atoms with Crippen LogP contribution in [0.3, 0.4) is 0 Å². The van der Waals surface area contributed by atoms with Crippen LogP contribution in [0.15, 0.2) is 0 Å². The lowest BCUT2D eigenvalue weighted by Crippen LogP contribution is -2.70. The Kier molecular flexibility index (Phi) is 2.78. The first-order valence-corrected chi connectivity index (χ1v) is 8.96. The van der Waals surface area contributed by atoms with Gasteiger partial charge in [0.15, 0.2) is 0 Å². The Bertz CT molecular complexity index is 465. The molecular formula is C18H30O3. The maximum absolute atomic E-state index is 6.60. The van der Waals surface area contributed by atoms with Crippen LogP contribution in [-0.2, 0) is 14.2 Å². The van der Waals surface area contributed by atoms with E-state index in [4.69, 9.17) is 14.2 Å². The third kappa shape index (κ3) is 1.46. The lowest BCUT2D eigenvalue weighted by molar-refractivity contribution is -0.420. The zero-order valence-electron chi connectivity index (χ0n) is 14.2. The SMILES string of the molecule is CCCC12CC(C)C34CC(C)CC3C1(CC)OC(C)(O4)O2. The predicted molar refractivity (Wildman–Crippen MR) is 80.7 cm³/mol. The number of rotatable bonds is 3. The van der Waals surface area contributed by atoms with Gasteiger partial charge in [-0.15, -0.1) is 0 Å². The molecule has 0 amide bonds. The number of ether oxygens (including phenoxy) is 3. The van der Waals surface area contributed by atoms with Crippen LogP contribution >= 0.6 is 0 Å². The zero-order chi connectivity index (χ0) is 15.1. The minimum absolute atomic E-state index is 0.0177. The highest BCUT2D eigenvalue weighted by Gasteiger charge is 2.80. The van der Waals surface area contributed by atoms with Crippen molar-refractivity contribution in [3.8, 4) is 0 Å². The molecule has 21 heavy (non-hydrogen) atoms. The summed E-state index contributed by atoms with van der Waals surface area (Å²) in [5.41, 5.74) is -0.289. The Morgan fingerprint density at radius 2 is 1.81 bits per heavy atom. The molecule has 7 atom stereocenters. The van der Waals surface area contributed by atoms with Gasteiger partial charge in [-0.25, -0.2) is 0 Å². The smallest absolute Gasteiger partial charge is 0.281 e. The minimum Gasteiger partial charge on any atom is -0.320 e. The van der Waals surface area contributed by atoms with E-state index in [1.54, 1.807) is 0 Å². The van der Waals surface area contributed by atoms with Crippen LogP contribution in [0.4, 0.5) is 0 Å². The van der Waals surface area contributed by atoms with Crippen molar-refractivity contribution in [3.63, 3.8) is 0 Å². The van der Waals surface area contributed by atoms with Crippen molar-refractivity contribution in [1.82, 2.24) is 0 Å². The monoisotopic (exact) mass is 294 g/mol. The Labute approximate surface area is 128 Å². The average Bonchev–Trinajstić information content (AvgIpc) is 2.80. The third-order valence-corrected chi connectivity index (χ3v) is 7.00. The maximum atomic E-state index is 6.60. The molecule has 4 fully saturated rings. The molecular weight excluding hydrogens is 264 g/mol. The number of hydrogen-bond acceptors (Lipinski definition) is 3. The van der Waals surface area contributed by atoms with E-state index in [1.807, 2.05) is 6.92 Å². The first-order chi connectivity index (χ1) is 9.85. The fraction of sp³-hybridized carbons (Fsp3) is 1.00. The van der Waals surface area contributed by atoms with Gasteiger partial charge in [0.2, 0.25) is 0 Å². The number of fused-ring (bicyclic) bond motifs is 1. The van der Waals surface area contributed by atoms with E-state index in [0.717, 1.165) is 31.6 Å². The van der Waals surface area contributed by atoms with E-state index < -0.39 is 5.97 Å².